The number of carbonyl (C=O) groups is 1. The number of rotatable bonds is 4. The number of nitrogens with one attached hydrogen (secondary N) is 1. The number of carbonyl (C=O) groups excluding carboxylic acids is 1. The fraction of sp³-hybridized carbons (Fsp3) is 0.0625. The summed E-state index contributed by atoms with van der Waals surface area (Å²) >= 11 is 0. The lowest BCUT2D eigenvalue weighted by atomic mass is 10.1. The molecular formula is C16H12F2N2O3S. The van der Waals surface area contributed by atoms with Gasteiger partial charge in [-0.05, 0) is 36.4 Å². The largest absolute Gasteiger partial charge is 0.366 e. The van der Waals surface area contributed by atoms with Crippen molar-refractivity contribution in [2.75, 3.05) is 6.54 Å². The van der Waals surface area contributed by atoms with Crippen molar-refractivity contribution in [3.63, 3.8) is 0 Å². The zero-order valence-corrected chi connectivity index (χ0v) is 13.0. The zero-order chi connectivity index (χ0) is 17.7. The van der Waals surface area contributed by atoms with Crippen molar-refractivity contribution in [2.45, 2.75) is 4.90 Å². The fourth-order valence-corrected chi connectivity index (χ4v) is 2.75. The maximum Gasteiger partial charge on any atom is 0.248 e. The van der Waals surface area contributed by atoms with E-state index < -0.39 is 32.5 Å². The Balaban J connectivity index is 2.04. The Labute approximate surface area is 137 Å². The molecule has 1 amide bonds. The van der Waals surface area contributed by atoms with Crippen molar-refractivity contribution >= 4 is 15.9 Å². The van der Waals surface area contributed by atoms with Gasteiger partial charge in [-0.25, -0.2) is 17.2 Å². The molecule has 0 saturated carbocycles. The summed E-state index contributed by atoms with van der Waals surface area (Å²) in [6.07, 6.45) is 0. The summed E-state index contributed by atoms with van der Waals surface area (Å²) in [5.41, 5.74) is 5.98. The third-order valence-electron chi connectivity index (χ3n) is 2.94. The molecule has 8 heteroatoms. The number of hydrogen-bond acceptors (Lipinski definition) is 3. The van der Waals surface area contributed by atoms with Gasteiger partial charge in [-0.1, -0.05) is 11.8 Å². The van der Waals surface area contributed by atoms with Crippen LogP contribution in [-0.2, 0) is 10.0 Å². The molecule has 0 aliphatic carbocycles. The van der Waals surface area contributed by atoms with Gasteiger partial charge in [0, 0.05) is 17.2 Å². The van der Waals surface area contributed by atoms with E-state index in [1.807, 2.05) is 0 Å². The molecule has 0 aliphatic heterocycles. The number of hydrogen-bond donors (Lipinski definition) is 2. The van der Waals surface area contributed by atoms with Crippen LogP contribution in [0.1, 0.15) is 15.9 Å². The topological polar surface area (TPSA) is 89.3 Å². The Morgan fingerprint density at radius 1 is 1.12 bits per heavy atom. The Morgan fingerprint density at radius 3 is 2.38 bits per heavy atom. The minimum atomic E-state index is -4.14. The Hall–Kier alpha value is -2.76. The van der Waals surface area contributed by atoms with Crippen LogP contribution in [0, 0.1) is 23.5 Å². The van der Waals surface area contributed by atoms with Crippen molar-refractivity contribution in [3.05, 3.63) is 65.2 Å². The van der Waals surface area contributed by atoms with Crippen molar-refractivity contribution in [1.82, 2.24) is 4.72 Å². The van der Waals surface area contributed by atoms with Gasteiger partial charge in [0.25, 0.3) is 0 Å². The van der Waals surface area contributed by atoms with Gasteiger partial charge in [0.2, 0.25) is 15.9 Å². The van der Waals surface area contributed by atoms with Crippen LogP contribution in [0.25, 0.3) is 0 Å². The second kappa shape index (κ2) is 7.21. The molecule has 3 N–H and O–H groups in total. The molecule has 0 bridgehead atoms. The first-order valence-corrected chi connectivity index (χ1v) is 8.11. The molecule has 0 heterocycles. The van der Waals surface area contributed by atoms with Crippen LogP contribution >= 0.6 is 0 Å². The fourth-order valence-electron chi connectivity index (χ4n) is 1.77. The van der Waals surface area contributed by atoms with E-state index in [0.29, 0.717) is 17.2 Å². The number of sulfonamides is 1. The average Bonchev–Trinajstić information content (AvgIpc) is 2.51. The predicted octanol–water partition coefficient (Wildman–Crippen LogP) is 1.39. The summed E-state index contributed by atoms with van der Waals surface area (Å²) < 4.78 is 52.2. The first-order valence-electron chi connectivity index (χ1n) is 6.63. The van der Waals surface area contributed by atoms with E-state index >= 15 is 0 Å². The van der Waals surface area contributed by atoms with Gasteiger partial charge in [-0.15, -0.1) is 0 Å². The maximum absolute atomic E-state index is 13.5. The average molecular weight is 350 g/mol. The molecule has 0 spiro atoms. The van der Waals surface area contributed by atoms with Crippen LogP contribution in [0.5, 0.6) is 0 Å². The maximum atomic E-state index is 13.5. The van der Waals surface area contributed by atoms with Crippen LogP contribution in [0.2, 0.25) is 0 Å². The standard InChI is InChI=1S/C16H12F2N2O3S/c17-13-7-8-15(14(18)10-13)24(22,23)20-9-1-2-11-3-5-12(6-4-11)16(19)21/h3-8,10,20H,9H2,(H2,19,21). The van der Waals surface area contributed by atoms with Crippen LogP contribution < -0.4 is 10.5 Å². The number of nitrogens with two attached hydrogens (primary N) is 1. The molecule has 2 aromatic carbocycles. The SMILES string of the molecule is NC(=O)c1ccc(C#CCNS(=O)(=O)c2ccc(F)cc2F)cc1. The van der Waals surface area contributed by atoms with Crippen molar-refractivity contribution in [3.8, 4) is 11.8 Å². The van der Waals surface area contributed by atoms with E-state index in [1.165, 1.54) is 12.1 Å². The minimum Gasteiger partial charge on any atom is -0.366 e. The lowest BCUT2D eigenvalue weighted by Gasteiger charge is -2.04. The Bertz CT molecular complexity index is 930. The molecule has 24 heavy (non-hydrogen) atoms. The van der Waals surface area contributed by atoms with E-state index in [-0.39, 0.29) is 6.54 Å². The van der Waals surface area contributed by atoms with Gasteiger partial charge in [-0.2, -0.15) is 4.72 Å². The molecule has 0 aromatic heterocycles. The molecule has 2 aromatic rings. The van der Waals surface area contributed by atoms with E-state index in [4.69, 9.17) is 5.73 Å². The minimum absolute atomic E-state index is 0.267. The summed E-state index contributed by atoms with van der Waals surface area (Å²) in [7, 11) is -4.14. The molecule has 0 saturated heterocycles. The molecule has 0 atom stereocenters. The van der Waals surface area contributed by atoms with Crippen LogP contribution in [0.15, 0.2) is 47.4 Å². The Kier molecular flexibility index (Phi) is 5.28. The number of primary amides is 1. The zero-order valence-electron chi connectivity index (χ0n) is 12.2. The molecule has 0 fully saturated rings. The normalized spacial score (nSPS) is 10.8. The van der Waals surface area contributed by atoms with Crippen LogP contribution in [0.4, 0.5) is 8.78 Å². The van der Waals surface area contributed by atoms with Crippen molar-refractivity contribution < 1.29 is 22.0 Å². The third-order valence-corrected chi connectivity index (χ3v) is 4.37. The number of benzene rings is 2. The lowest BCUT2D eigenvalue weighted by molar-refractivity contribution is 0.100. The number of amides is 1. The molecule has 124 valence electrons. The molecule has 0 unspecified atom stereocenters. The summed E-state index contributed by atoms with van der Waals surface area (Å²) in [6.45, 7) is -0.267. The Morgan fingerprint density at radius 2 is 1.79 bits per heavy atom. The van der Waals surface area contributed by atoms with E-state index in [0.717, 1.165) is 12.1 Å². The molecule has 0 aliphatic rings. The highest BCUT2D eigenvalue weighted by atomic mass is 32.2. The highest BCUT2D eigenvalue weighted by molar-refractivity contribution is 7.89. The molecular weight excluding hydrogens is 338 g/mol. The van der Waals surface area contributed by atoms with Gasteiger partial charge in [-0.3, -0.25) is 4.79 Å². The molecule has 5 nitrogen and oxygen atoms in total. The first kappa shape index (κ1) is 17.6. The monoisotopic (exact) mass is 350 g/mol. The molecule has 2 rings (SSSR count). The predicted molar refractivity (Wildman–Crippen MR) is 83.4 cm³/mol. The van der Waals surface area contributed by atoms with Crippen molar-refractivity contribution in [1.29, 1.82) is 0 Å². The van der Waals surface area contributed by atoms with Crippen molar-refractivity contribution in [2.24, 2.45) is 5.73 Å². The van der Waals surface area contributed by atoms with Crippen LogP contribution in [-0.4, -0.2) is 20.9 Å². The third kappa shape index (κ3) is 4.38. The highest BCUT2D eigenvalue weighted by Gasteiger charge is 2.18. The summed E-state index contributed by atoms with van der Waals surface area (Å²) in [4.78, 5) is 10.3. The second-order valence-corrected chi connectivity index (χ2v) is 6.38. The van der Waals surface area contributed by atoms with E-state index in [9.17, 15) is 22.0 Å². The summed E-state index contributed by atoms with van der Waals surface area (Å²) in [6, 6.07) is 8.27. The second-order valence-electron chi connectivity index (χ2n) is 4.64. The first-order chi connectivity index (χ1) is 11.3. The number of halogens is 2. The lowest BCUT2D eigenvalue weighted by Crippen LogP contribution is -2.25. The van der Waals surface area contributed by atoms with Crippen LogP contribution in [0.3, 0.4) is 0 Å². The quantitative estimate of drug-likeness (QED) is 0.817. The summed E-state index contributed by atoms with van der Waals surface area (Å²) in [5.74, 6) is 2.61. The van der Waals surface area contributed by atoms with Gasteiger partial charge < -0.3 is 5.73 Å². The summed E-state index contributed by atoms with van der Waals surface area (Å²) in [5, 5.41) is 0. The van der Waals surface area contributed by atoms with E-state index in [2.05, 4.69) is 16.6 Å². The van der Waals surface area contributed by atoms with Gasteiger partial charge >= 0.3 is 0 Å². The smallest absolute Gasteiger partial charge is 0.248 e. The van der Waals surface area contributed by atoms with Gasteiger partial charge in [0.15, 0.2) is 0 Å². The molecule has 0 radical (unpaired) electrons. The van der Waals surface area contributed by atoms with E-state index in [1.54, 1.807) is 12.1 Å². The van der Waals surface area contributed by atoms with Gasteiger partial charge in [0.05, 0.1) is 6.54 Å². The highest BCUT2D eigenvalue weighted by Crippen LogP contribution is 2.14. The van der Waals surface area contributed by atoms with Gasteiger partial charge in [0.1, 0.15) is 16.5 Å².